The molecule has 1 atom stereocenters. The van der Waals surface area contributed by atoms with Crippen molar-refractivity contribution in [2.45, 2.75) is 31.3 Å². The minimum atomic E-state index is -4.30. The summed E-state index contributed by atoms with van der Waals surface area (Å²) < 4.78 is 43.5. The summed E-state index contributed by atoms with van der Waals surface area (Å²) in [6.07, 6.45) is 0. The number of halogens is 2. The van der Waals surface area contributed by atoms with Gasteiger partial charge in [-0.1, -0.05) is 58.4 Å². The van der Waals surface area contributed by atoms with E-state index in [1.807, 2.05) is 0 Å². The molecular formula is C26H27BrFN3O4S. The monoisotopic (exact) mass is 575 g/mol. The lowest BCUT2D eigenvalue weighted by Gasteiger charge is -2.32. The Morgan fingerprint density at radius 1 is 0.972 bits per heavy atom. The molecule has 1 N–H and O–H groups in total. The maximum atomic E-state index is 14.8. The van der Waals surface area contributed by atoms with E-state index in [0.717, 1.165) is 20.4 Å². The summed E-state index contributed by atoms with van der Waals surface area (Å²) in [5, 5.41) is 2.69. The summed E-state index contributed by atoms with van der Waals surface area (Å²) in [7, 11) is -4.30. The van der Waals surface area contributed by atoms with Crippen LogP contribution in [0.4, 0.5) is 10.1 Å². The normalized spacial score (nSPS) is 12.0. The Morgan fingerprint density at radius 3 is 2.19 bits per heavy atom. The molecule has 0 aliphatic carbocycles. The molecule has 0 saturated carbocycles. The molecule has 0 radical (unpaired) electrons. The molecule has 0 heterocycles. The highest BCUT2D eigenvalue weighted by atomic mass is 79.9. The molecule has 2 amide bonds. The van der Waals surface area contributed by atoms with Crippen molar-refractivity contribution in [3.8, 4) is 0 Å². The lowest BCUT2D eigenvalue weighted by Crippen LogP contribution is -2.51. The number of para-hydroxylation sites is 1. The molecule has 0 saturated heterocycles. The van der Waals surface area contributed by atoms with Crippen molar-refractivity contribution in [1.29, 1.82) is 0 Å². The van der Waals surface area contributed by atoms with Crippen LogP contribution in [0.3, 0.4) is 0 Å². The predicted octanol–water partition coefficient (Wildman–Crippen LogP) is 4.34. The highest BCUT2D eigenvalue weighted by Crippen LogP contribution is 2.27. The van der Waals surface area contributed by atoms with Gasteiger partial charge < -0.3 is 10.2 Å². The van der Waals surface area contributed by atoms with E-state index >= 15 is 0 Å². The van der Waals surface area contributed by atoms with Crippen LogP contribution in [-0.2, 0) is 26.2 Å². The number of benzene rings is 3. The largest absolute Gasteiger partial charge is 0.355 e. The molecule has 0 aromatic heterocycles. The van der Waals surface area contributed by atoms with Crippen molar-refractivity contribution in [3.05, 3.63) is 94.7 Å². The molecule has 7 nitrogen and oxygen atoms in total. The third kappa shape index (κ3) is 6.50. The molecule has 1 unspecified atom stereocenters. The molecule has 0 fully saturated rings. The molecule has 3 aromatic rings. The summed E-state index contributed by atoms with van der Waals surface area (Å²) in [5.41, 5.74) is 0.481. The first-order chi connectivity index (χ1) is 17.1. The zero-order valence-corrected chi connectivity index (χ0v) is 22.3. The van der Waals surface area contributed by atoms with Crippen LogP contribution in [0, 0.1) is 5.82 Å². The number of hydrogen-bond acceptors (Lipinski definition) is 4. The van der Waals surface area contributed by atoms with Crippen molar-refractivity contribution in [2.24, 2.45) is 0 Å². The zero-order valence-electron chi connectivity index (χ0n) is 19.9. The van der Waals surface area contributed by atoms with Gasteiger partial charge in [0.1, 0.15) is 18.4 Å². The first-order valence-electron chi connectivity index (χ1n) is 11.3. The van der Waals surface area contributed by atoms with Gasteiger partial charge in [-0.2, -0.15) is 0 Å². The van der Waals surface area contributed by atoms with Crippen molar-refractivity contribution < 1.29 is 22.4 Å². The Balaban J connectivity index is 2.02. The number of anilines is 1. The Bertz CT molecular complexity index is 1300. The van der Waals surface area contributed by atoms with Crippen LogP contribution in [0.5, 0.6) is 0 Å². The van der Waals surface area contributed by atoms with E-state index in [4.69, 9.17) is 0 Å². The number of nitrogens with zero attached hydrogens (tertiary/aromatic N) is 2. The van der Waals surface area contributed by atoms with Crippen LogP contribution >= 0.6 is 15.9 Å². The maximum absolute atomic E-state index is 14.8. The number of likely N-dealkylation sites (N-methyl/N-ethyl adjacent to an activating group) is 1. The average molecular weight is 576 g/mol. The van der Waals surface area contributed by atoms with Crippen molar-refractivity contribution in [1.82, 2.24) is 10.2 Å². The molecule has 0 aliphatic rings. The summed E-state index contributed by atoms with van der Waals surface area (Å²) >= 11 is 3.37. The summed E-state index contributed by atoms with van der Waals surface area (Å²) in [6, 6.07) is 19.2. The minimum Gasteiger partial charge on any atom is -0.355 e. The molecule has 36 heavy (non-hydrogen) atoms. The van der Waals surface area contributed by atoms with Gasteiger partial charge in [0, 0.05) is 17.6 Å². The Labute approximate surface area is 219 Å². The van der Waals surface area contributed by atoms with Gasteiger partial charge in [0.15, 0.2) is 0 Å². The number of sulfonamides is 1. The first kappa shape index (κ1) is 27.3. The SMILES string of the molecule is CCNC(=O)C(C)N(Cc1ccc(Br)cc1)C(=O)CN(c1ccccc1F)S(=O)(=O)c1ccccc1. The van der Waals surface area contributed by atoms with Crippen LogP contribution in [-0.4, -0.2) is 44.3 Å². The predicted molar refractivity (Wildman–Crippen MR) is 140 cm³/mol. The van der Waals surface area contributed by atoms with Crippen LogP contribution < -0.4 is 9.62 Å². The molecule has 3 rings (SSSR count). The maximum Gasteiger partial charge on any atom is 0.264 e. The number of carbonyl (C=O) groups is 2. The van der Waals surface area contributed by atoms with E-state index in [0.29, 0.717) is 6.54 Å². The number of amides is 2. The fraction of sp³-hybridized carbons (Fsp3) is 0.231. The van der Waals surface area contributed by atoms with E-state index < -0.39 is 34.3 Å². The van der Waals surface area contributed by atoms with Crippen LogP contribution in [0.1, 0.15) is 19.4 Å². The number of carbonyl (C=O) groups excluding carboxylic acids is 2. The average Bonchev–Trinajstić information content (AvgIpc) is 2.87. The quantitative estimate of drug-likeness (QED) is 0.389. The first-order valence-corrected chi connectivity index (χ1v) is 13.5. The molecule has 3 aromatic carbocycles. The van der Waals surface area contributed by atoms with Crippen LogP contribution in [0.2, 0.25) is 0 Å². The fourth-order valence-electron chi connectivity index (χ4n) is 3.58. The van der Waals surface area contributed by atoms with Crippen molar-refractivity contribution >= 4 is 43.5 Å². The molecular weight excluding hydrogens is 549 g/mol. The second-order valence-corrected chi connectivity index (χ2v) is 10.8. The number of nitrogens with one attached hydrogen (secondary N) is 1. The van der Waals surface area contributed by atoms with Gasteiger partial charge in [-0.3, -0.25) is 13.9 Å². The summed E-state index contributed by atoms with van der Waals surface area (Å²) in [5.74, 6) is -1.83. The van der Waals surface area contributed by atoms with Crippen LogP contribution in [0.15, 0.2) is 88.2 Å². The van der Waals surface area contributed by atoms with E-state index in [2.05, 4.69) is 21.2 Å². The standard InChI is InChI=1S/C26H27BrFN3O4S/c1-3-29-26(33)19(2)30(17-20-13-15-21(27)16-14-20)25(32)18-31(24-12-8-7-11-23(24)28)36(34,35)22-9-5-4-6-10-22/h4-16,19H,3,17-18H2,1-2H3,(H,29,33). The second-order valence-electron chi connectivity index (χ2n) is 7.99. The van der Waals surface area contributed by atoms with Gasteiger partial charge in [0.2, 0.25) is 11.8 Å². The molecule has 190 valence electrons. The molecule has 0 aliphatic heterocycles. The highest BCUT2D eigenvalue weighted by molar-refractivity contribution is 9.10. The molecule has 0 bridgehead atoms. The molecule has 0 spiro atoms. The topological polar surface area (TPSA) is 86.8 Å². The third-order valence-electron chi connectivity index (χ3n) is 5.52. The molecule has 10 heteroatoms. The Morgan fingerprint density at radius 2 is 1.58 bits per heavy atom. The van der Waals surface area contributed by atoms with Gasteiger partial charge in [-0.25, -0.2) is 12.8 Å². The van der Waals surface area contributed by atoms with E-state index in [1.165, 1.54) is 35.2 Å². The summed E-state index contributed by atoms with van der Waals surface area (Å²) in [6.45, 7) is 3.06. The van der Waals surface area contributed by atoms with Gasteiger partial charge in [-0.05, 0) is 55.8 Å². The number of hydrogen-bond donors (Lipinski definition) is 1. The van der Waals surface area contributed by atoms with Crippen molar-refractivity contribution in [2.75, 3.05) is 17.4 Å². The number of rotatable bonds is 10. The lowest BCUT2D eigenvalue weighted by atomic mass is 10.1. The third-order valence-corrected chi connectivity index (χ3v) is 7.82. The fourth-order valence-corrected chi connectivity index (χ4v) is 5.29. The Kier molecular flexibility index (Phi) is 9.22. The van der Waals surface area contributed by atoms with Gasteiger partial charge in [0.05, 0.1) is 10.6 Å². The van der Waals surface area contributed by atoms with Crippen LogP contribution in [0.25, 0.3) is 0 Å². The van der Waals surface area contributed by atoms with E-state index in [-0.39, 0.29) is 23.0 Å². The van der Waals surface area contributed by atoms with E-state index in [9.17, 15) is 22.4 Å². The second kappa shape index (κ2) is 12.1. The highest BCUT2D eigenvalue weighted by Gasteiger charge is 2.33. The minimum absolute atomic E-state index is 0.0565. The van der Waals surface area contributed by atoms with Crippen molar-refractivity contribution in [3.63, 3.8) is 0 Å². The van der Waals surface area contributed by atoms with E-state index in [1.54, 1.807) is 56.3 Å². The zero-order chi connectivity index (χ0) is 26.3. The summed E-state index contributed by atoms with van der Waals surface area (Å²) in [4.78, 5) is 27.5. The smallest absolute Gasteiger partial charge is 0.264 e. The van der Waals surface area contributed by atoms with Gasteiger partial charge in [0.25, 0.3) is 10.0 Å². The van der Waals surface area contributed by atoms with Gasteiger partial charge >= 0.3 is 0 Å². The Hall–Kier alpha value is -3.24. The van der Waals surface area contributed by atoms with Gasteiger partial charge in [-0.15, -0.1) is 0 Å². The lowest BCUT2D eigenvalue weighted by molar-refractivity contribution is -0.139.